The van der Waals surface area contributed by atoms with Crippen molar-refractivity contribution in [3.8, 4) is 11.5 Å². The van der Waals surface area contributed by atoms with Gasteiger partial charge in [0.1, 0.15) is 5.76 Å². The topological polar surface area (TPSA) is 104 Å². The third kappa shape index (κ3) is 6.22. The number of ketones is 1. The number of carbonyl (C=O) groups is 3. The number of nitrogens with one attached hydrogen (secondary N) is 1. The molecule has 1 heterocycles. The molecule has 1 amide bonds. The fraction of sp³-hybridized carbons (Fsp3) is 0.240. The van der Waals surface area contributed by atoms with E-state index in [0.29, 0.717) is 36.0 Å². The predicted molar refractivity (Wildman–Crippen MR) is 119 cm³/mol. The smallest absolute Gasteiger partial charge is 0.339 e. The van der Waals surface area contributed by atoms with Gasteiger partial charge in [0.25, 0.3) is 5.91 Å². The van der Waals surface area contributed by atoms with Crippen molar-refractivity contribution in [3.05, 3.63) is 83.3 Å². The Morgan fingerprint density at radius 2 is 1.61 bits per heavy atom. The quantitative estimate of drug-likeness (QED) is 0.349. The molecule has 2 aromatic carbocycles. The Morgan fingerprint density at radius 1 is 0.879 bits per heavy atom. The number of amides is 1. The molecule has 0 saturated heterocycles. The number of esters is 1. The molecule has 0 unspecified atom stereocenters. The van der Waals surface area contributed by atoms with E-state index < -0.39 is 18.5 Å². The summed E-state index contributed by atoms with van der Waals surface area (Å²) in [7, 11) is 0. The second-order valence-electron chi connectivity index (χ2n) is 6.83. The largest absolute Gasteiger partial charge is 0.490 e. The third-order valence-electron chi connectivity index (χ3n) is 4.57. The molecule has 8 heteroatoms. The zero-order valence-electron chi connectivity index (χ0n) is 18.5. The summed E-state index contributed by atoms with van der Waals surface area (Å²) in [4.78, 5) is 37.8. The highest BCUT2D eigenvalue weighted by Gasteiger charge is 2.21. The van der Waals surface area contributed by atoms with Crippen LogP contribution in [0, 0.1) is 0 Å². The van der Waals surface area contributed by atoms with Gasteiger partial charge in [-0.2, -0.15) is 0 Å². The summed E-state index contributed by atoms with van der Waals surface area (Å²) in [5.74, 6) is -0.0941. The summed E-state index contributed by atoms with van der Waals surface area (Å²) in [5, 5.41) is 2.59. The van der Waals surface area contributed by atoms with Gasteiger partial charge in [-0.25, -0.2) is 4.79 Å². The number of hydrogen-bond donors (Lipinski definition) is 1. The number of furan rings is 1. The molecule has 0 aliphatic carbocycles. The van der Waals surface area contributed by atoms with Crippen LogP contribution in [-0.4, -0.2) is 37.5 Å². The summed E-state index contributed by atoms with van der Waals surface area (Å²) < 4.78 is 21.4. The SMILES string of the molecule is CCOc1ccc(C(=O)c2ccccc2C(=O)OCC(=O)NCc2ccco2)cc1OCC. The van der Waals surface area contributed by atoms with E-state index in [4.69, 9.17) is 18.6 Å². The minimum absolute atomic E-state index is 0.0631. The summed E-state index contributed by atoms with van der Waals surface area (Å²) in [5.41, 5.74) is 0.552. The fourth-order valence-electron chi connectivity index (χ4n) is 3.07. The number of hydrogen-bond acceptors (Lipinski definition) is 7. The molecule has 0 spiro atoms. The lowest BCUT2D eigenvalue weighted by Gasteiger charge is -2.13. The molecular formula is C25H25NO7. The van der Waals surface area contributed by atoms with Gasteiger partial charge < -0.3 is 23.9 Å². The van der Waals surface area contributed by atoms with Crippen LogP contribution in [0.2, 0.25) is 0 Å². The van der Waals surface area contributed by atoms with Crippen LogP contribution >= 0.6 is 0 Å². The van der Waals surface area contributed by atoms with E-state index in [1.165, 1.54) is 18.4 Å². The molecule has 0 bridgehead atoms. The molecule has 0 saturated carbocycles. The lowest BCUT2D eigenvalue weighted by Crippen LogP contribution is -2.28. The maximum atomic E-state index is 13.2. The zero-order valence-corrected chi connectivity index (χ0v) is 18.5. The van der Waals surface area contributed by atoms with Gasteiger partial charge in [0.15, 0.2) is 23.9 Å². The molecule has 1 N–H and O–H groups in total. The van der Waals surface area contributed by atoms with Crippen LogP contribution < -0.4 is 14.8 Å². The molecule has 0 radical (unpaired) electrons. The van der Waals surface area contributed by atoms with Crippen molar-refractivity contribution in [2.24, 2.45) is 0 Å². The Kier molecular flexibility index (Phi) is 8.24. The highest BCUT2D eigenvalue weighted by molar-refractivity contribution is 6.14. The van der Waals surface area contributed by atoms with Crippen molar-refractivity contribution in [1.29, 1.82) is 0 Å². The number of benzene rings is 2. The lowest BCUT2D eigenvalue weighted by molar-refractivity contribution is -0.124. The van der Waals surface area contributed by atoms with Crippen molar-refractivity contribution < 1.29 is 33.0 Å². The van der Waals surface area contributed by atoms with Crippen molar-refractivity contribution in [2.75, 3.05) is 19.8 Å². The van der Waals surface area contributed by atoms with E-state index in [-0.39, 0.29) is 23.5 Å². The fourth-order valence-corrected chi connectivity index (χ4v) is 3.07. The van der Waals surface area contributed by atoms with Crippen molar-refractivity contribution in [3.63, 3.8) is 0 Å². The van der Waals surface area contributed by atoms with Crippen LogP contribution in [-0.2, 0) is 16.1 Å². The number of carbonyl (C=O) groups excluding carboxylic acids is 3. The molecule has 0 aliphatic rings. The normalized spacial score (nSPS) is 10.4. The Bertz CT molecular complexity index is 1110. The Hall–Kier alpha value is -4.07. The maximum absolute atomic E-state index is 13.2. The van der Waals surface area contributed by atoms with Gasteiger partial charge in [-0.1, -0.05) is 18.2 Å². The predicted octanol–water partition coefficient (Wildman–Crippen LogP) is 3.78. The van der Waals surface area contributed by atoms with Gasteiger partial charge in [-0.15, -0.1) is 0 Å². The minimum Gasteiger partial charge on any atom is -0.490 e. The minimum atomic E-state index is -0.775. The number of ether oxygens (including phenoxy) is 3. The van der Waals surface area contributed by atoms with E-state index in [2.05, 4.69) is 5.32 Å². The van der Waals surface area contributed by atoms with Gasteiger partial charge >= 0.3 is 5.97 Å². The van der Waals surface area contributed by atoms with Crippen LogP contribution in [0.1, 0.15) is 45.9 Å². The first kappa shape index (κ1) is 23.6. The lowest BCUT2D eigenvalue weighted by atomic mass is 9.98. The third-order valence-corrected chi connectivity index (χ3v) is 4.57. The van der Waals surface area contributed by atoms with Gasteiger partial charge in [-0.3, -0.25) is 9.59 Å². The maximum Gasteiger partial charge on any atom is 0.339 e. The first-order chi connectivity index (χ1) is 16.0. The van der Waals surface area contributed by atoms with Gasteiger partial charge in [-0.05, 0) is 50.2 Å². The van der Waals surface area contributed by atoms with E-state index >= 15 is 0 Å². The zero-order chi connectivity index (χ0) is 23.6. The molecule has 0 aliphatic heterocycles. The summed E-state index contributed by atoms with van der Waals surface area (Å²) in [6.45, 7) is 4.24. The second-order valence-corrected chi connectivity index (χ2v) is 6.83. The van der Waals surface area contributed by atoms with Crippen LogP contribution in [0.3, 0.4) is 0 Å². The van der Waals surface area contributed by atoms with E-state index in [1.54, 1.807) is 42.5 Å². The monoisotopic (exact) mass is 451 g/mol. The van der Waals surface area contributed by atoms with Crippen LogP contribution in [0.4, 0.5) is 0 Å². The highest BCUT2D eigenvalue weighted by atomic mass is 16.5. The van der Waals surface area contributed by atoms with Gasteiger partial charge in [0.2, 0.25) is 0 Å². The van der Waals surface area contributed by atoms with Crippen molar-refractivity contribution in [1.82, 2.24) is 5.32 Å². The molecule has 33 heavy (non-hydrogen) atoms. The van der Waals surface area contributed by atoms with E-state index in [1.807, 2.05) is 13.8 Å². The van der Waals surface area contributed by atoms with Gasteiger partial charge in [0.05, 0.1) is 31.6 Å². The average Bonchev–Trinajstić information content (AvgIpc) is 3.36. The standard InChI is InChI=1S/C25H25NO7/c1-3-30-21-12-11-17(14-22(21)31-4-2)24(28)19-9-5-6-10-20(19)25(29)33-16-23(27)26-15-18-8-7-13-32-18/h5-14H,3-4,15-16H2,1-2H3,(H,26,27). The average molecular weight is 451 g/mol. The molecular weight excluding hydrogens is 426 g/mol. The highest BCUT2D eigenvalue weighted by Crippen LogP contribution is 2.30. The van der Waals surface area contributed by atoms with Crippen LogP contribution in [0.25, 0.3) is 0 Å². The Morgan fingerprint density at radius 3 is 2.30 bits per heavy atom. The van der Waals surface area contributed by atoms with Gasteiger partial charge in [0, 0.05) is 11.1 Å². The van der Waals surface area contributed by atoms with E-state index in [0.717, 1.165) is 0 Å². The van der Waals surface area contributed by atoms with E-state index in [9.17, 15) is 14.4 Å². The molecule has 3 rings (SSSR count). The molecule has 0 atom stereocenters. The second kappa shape index (κ2) is 11.5. The van der Waals surface area contributed by atoms with Crippen molar-refractivity contribution in [2.45, 2.75) is 20.4 Å². The molecule has 172 valence electrons. The molecule has 8 nitrogen and oxygen atoms in total. The molecule has 1 aromatic heterocycles. The first-order valence-corrected chi connectivity index (χ1v) is 10.5. The van der Waals surface area contributed by atoms with Crippen molar-refractivity contribution >= 4 is 17.7 Å². The molecule has 0 fully saturated rings. The first-order valence-electron chi connectivity index (χ1n) is 10.5. The summed E-state index contributed by atoms with van der Waals surface area (Å²) in [6.07, 6.45) is 1.50. The summed E-state index contributed by atoms with van der Waals surface area (Å²) in [6, 6.07) is 14.6. The number of rotatable bonds is 11. The Labute approximate surface area is 191 Å². The Balaban J connectivity index is 1.71. The molecule has 3 aromatic rings. The van der Waals surface area contributed by atoms with Crippen LogP contribution in [0.15, 0.2) is 65.3 Å². The summed E-state index contributed by atoms with van der Waals surface area (Å²) >= 11 is 0. The van der Waals surface area contributed by atoms with Crippen LogP contribution in [0.5, 0.6) is 11.5 Å².